The standard InChI is InChI=1S/C11H17ClN2O2S2/c1-2-13(9-10-5-6-11(12)17-10)18(15,16)14-7-3-4-8-14/h5-6H,2-4,7-9H2,1H3. The zero-order valence-electron chi connectivity index (χ0n) is 10.3. The SMILES string of the molecule is CCN(Cc1ccc(Cl)s1)S(=O)(=O)N1CCCC1. The summed E-state index contributed by atoms with van der Waals surface area (Å²) in [6, 6.07) is 3.69. The zero-order valence-corrected chi connectivity index (χ0v) is 12.7. The van der Waals surface area contributed by atoms with Crippen LogP contribution in [0.3, 0.4) is 0 Å². The predicted molar refractivity (Wildman–Crippen MR) is 75.1 cm³/mol. The van der Waals surface area contributed by atoms with Crippen molar-refractivity contribution in [3.63, 3.8) is 0 Å². The van der Waals surface area contributed by atoms with Crippen molar-refractivity contribution in [2.75, 3.05) is 19.6 Å². The molecule has 4 nitrogen and oxygen atoms in total. The fourth-order valence-corrected chi connectivity index (χ4v) is 4.91. The molecule has 0 radical (unpaired) electrons. The van der Waals surface area contributed by atoms with E-state index in [-0.39, 0.29) is 0 Å². The summed E-state index contributed by atoms with van der Waals surface area (Å²) in [5, 5.41) is 0. The van der Waals surface area contributed by atoms with Gasteiger partial charge in [0.15, 0.2) is 0 Å². The van der Waals surface area contributed by atoms with Crippen molar-refractivity contribution in [2.45, 2.75) is 26.3 Å². The molecule has 0 N–H and O–H groups in total. The van der Waals surface area contributed by atoms with Crippen LogP contribution >= 0.6 is 22.9 Å². The average molecular weight is 309 g/mol. The Labute approximate surface area is 117 Å². The molecule has 1 aliphatic heterocycles. The summed E-state index contributed by atoms with van der Waals surface area (Å²) in [5.74, 6) is 0. The molecule has 1 aromatic rings. The Balaban J connectivity index is 2.12. The number of thiophene rings is 1. The highest BCUT2D eigenvalue weighted by Crippen LogP contribution is 2.25. The molecule has 0 atom stereocenters. The van der Waals surface area contributed by atoms with E-state index in [0.717, 1.165) is 17.7 Å². The van der Waals surface area contributed by atoms with Crippen molar-refractivity contribution < 1.29 is 8.42 Å². The van der Waals surface area contributed by atoms with E-state index < -0.39 is 10.2 Å². The van der Waals surface area contributed by atoms with Crippen molar-refractivity contribution in [3.8, 4) is 0 Å². The van der Waals surface area contributed by atoms with Gasteiger partial charge in [0.1, 0.15) is 0 Å². The lowest BCUT2D eigenvalue weighted by atomic mass is 10.4. The lowest BCUT2D eigenvalue weighted by Gasteiger charge is -2.25. The summed E-state index contributed by atoms with van der Waals surface area (Å²) in [4.78, 5) is 0.977. The smallest absolute Gasteiger partial charge is 0.195 e. The second kappa shape index (κ2) is 5.88. The first-order valence-electron chi connectivity index (χ1n) is 6.03. The van der Waals surface area contributed by atoms with Crippen LogP contribution in [0.2, 0.25) is 4.34 Å². The van der Waals surface area contributed by atoms with Gasteiger partial charge in [-0.2, -0.15) is 17.0 Å². The molecule has 1 aliphatic rings. The summed E-state index contributed by atoms with van der Waals surface area (Å²) in [5.41, 5.74) is 0. The molecule has 0 bridgehead atoms. The third-order valence-electron chi connectivity index (χ3n) is 3.03. The van der Waals surface area contributed by atoms with E-state index >= 15 is 0 Å². The van der Waals surface area contributed by atoms with Crippen molar-refractivity contribution >= 4 is 33.1 Å². The summed E-state index contributed by atoms with van der Waals surface area (Å²) >= 11 is 7.30. The Hall–Kier alpha value is -0.140. The number of nitrogens with zero attached hydrogens (tertiary/aromatic N) is 2. The minimum absolute atomic E-state index is 0.409. The Morgan fingerprint density at radius 1 is 1.39 bits per heavy atom. The molecule has 2 rings (SSSR count). The maximum atomic E-state index is 12.4. The van der Waals surface area contributed by atoms with Crippen LogP contribution in [-0.2, 0) is 16.8 Å². The normalized spacial score (nSPS) is 17.7. The molecule has 0 spiro atoms. The monoisotopic (exact) mass is 308 g/mol. The highest BCUT2D eigenvalue weighted by molar-refractivity contribution is 7.86. The third kappa shape index (κ3) is 3.05. The molecule has 1 saturated heterocycles. The van der Waals surface area contributed by atoms with Crippen LogP contribution in [0.15, 0.2) is 12.1 Å². The van der Waals surface area contributed by atoms with Crippen LogP contribution < -0.4 is 0 Å². The van der Waals surface area contributed by atoms with Crippen LogP contribution in [0.25, 0.3) is 0 Å². The van der Waals surface area contributed by atoms with Crippen LogP contribution in [0, 0.1) is 0 Å². The number of hydrogen-bond donors (Lipinski definition) is 0. The minimum Gasteiger partial charge on any atom is -0.195 e. The average Bonchev–Trinajstić information content (AvgIpc) is 2.96. The molecule has 1 aromatic heterocycles. The van der Waals surface area contributed by atoms with E-state index in [4.69, 9.17) is 11.6 Å². The molecule has 2 heterocycles. The highest BCUT2D eigenvalue weighted by Gasteiger charge is 2.30. The minimum atomic E-state index is -3.31. The van der Waals surface area contributed by atoms with Gasteiger partial charge in [-0.3, -0.25) is 0 Å². The highest BCUT2D eigenvalue weighted by atomic mass is 35.5. The molecule has 7 heteroatoms. The van der Waals surface area contributed by atoms with E-state index in [0.29, 0.717) is 30.5 Å². The van der Waals surface area contributed by atoms with Crippen molar-refractivity contribution in [1.82, 2.24) is 8.61 Å². The van der Waals surface area contributed by atoms with Crippen molar-refractivity contribution in [1.29, 1.82) is 0 Å². The van der Waals surface area contributed by atoms with Gasteiger partial charge in [-0.15, -0.1) is 11.3 Å². The van der Waals surface area contributed by atoms with Gasteiger partial charge >= 0.3 is 0 Å². The molecule has 1 fully saturated rings. The predicted octanol–water partition coefficient (Wildman–Crippen LogP) is 2.56. The van der Waals surface area contributed by atoms with Gasteiger partial charge in [0, 0.05) is 31.1 Å². The summed E-state index contributed by atoms with van der Waals surface area (Å²) in [6.45, 7) is 4.04. The zero-order chi connectivity index (χ0) is 13.2. The Bertz CT molecular complexity index is 495. The van der Waals surface area contributed by atoms with E-state index in [2.05, 4.69) is 0 Å². The maximum absolute atomic E-state index is 12.4. The van der Waals surface area contributed by atoms with Gasteiger partial charge < -0.3 is 0 Å². The third-order valence-corrected chi connectivity index (χ3v) is 6.30. The summed E-state index contributed by atoms with van der Waals surface area (Å²) in [6.07, 6.45) is 1.92. The van der Waals surface area contributed by atoms with Crippen LogP contribution in [0.4, 0.5) is 0 Å². The van der Waals surface area contributed by atoms with E-state index in [9.17, 15) is 8.42 Å². The first-order valence-corrected chi connectivity index (χ1v) is 8.62. The summed E-state index contributed by atoms with van der Waals surface area (Å²) < 4.78 is 28.6. The molecular formula is C11H17ClN2O2S2. The molecule has 18 heavy (non-hydrogen) atoms. The van der Waals surface area contributed by atoms with Gasteiger partial charge in [0.05, 0.1) is 4.34 Å². The van der Waals surface area contributed by atoms with Gasteiger partial charge in [0.2, 0.25) is 0 Å². The van der Waals surface area contributed by atoms with Crippen LogP contribution in [-0.4, -0.2) is 36.7 Å². The second-order valence-electron chi connectivity index (χ2n) is 4.25. The molecule has 0 saturated carbocycles. The van der Waals surface area contributed by atoms with E-state index in [1.807, 2.05) is 13.0 Å². The van der Waals surface area contributed by atoms with Crippen LogP contribution in [0.1, 0.15) is 24.6 Å². The van der Waals surface area contributed by atoms with Gasteiger partial charge in [-0.05, 0) is 25.0 Å². The van der Waals surface area contributed by atoms with Crippen molar-refractivity contribution in [2.24, 2.45) is 0 Å². The molecule has 0 amide bonds. The number of rotatable bonds is 5. The molecule has 102 valence electrons. The number of halogens is 1. The number of hydrogen-bond acceptors (Lipinski definition) is 3. The Morgan fingerprint density at radius 3 is 2.56 bits per heavy atom. The Kier molecular flexibility index (Phi) is 4.66. The lowest BCUT2D eigenvalue weighted by Crippen LogP contribution is -2.41. The first kappa shape index (κ1) is 14.3. The molecule has 0 unspecified atom stereocenters. The molecule has 0 aromatic carbocycles. The van der Waals surface area contributed by atoms with E-state index in [1.54, 1.807) is 10.4 Å². The summed E-state index contributed by atoms with van der Waals surface area (Å²) in [7, 11) is -3.31. The quantitative estimate of drug-likeness (QED) is 0.839. The van der Waals surface area contributed by atoms with Crippen LogP contribution in [0.5, 0.6) is 0 Å². The maximum Gasteiger partial charge on any atom is 0.282 e. The first-order chi connectivity index (χ1) is 8.54. The lowest BCUT2D eigenvalue weighted by molar-refractivity contribution is 0.367. The second-order valence-corrected chi connectivity index (χ2v) is 7.97. The van der Waals surface area contributed by atoms with Gasteiger partial charge in [-0.1, -0.05) is 18.5 Å². The Morgan fingerprint density at radius 2 is 2.06 bits per heavy atom. The van der Waals surface area contributed by atoms with Crippen molar-refractivity contribution in [3.05, 3.63) is 21.3 Å². The fourth-order valence-electron chi connectivity index (χ4n) is 2.05. The van der Waals surface area contributed by atoms with Gasteiger partial charge in [0.25, 0.3) is 10.2 Å². The largest absolute Gasteiger partial charge is 0.282 e. The topological polar surface area (TPSA) is 40.6 Å². The molecular weight excluding hydrogens is 292 g/mol. The molecule has 0 aliphatic carbocycles. The fraction of sp³-hybridized carbons (Fsp3) is 0.636. The van der Waals surface area contributed by atoms with Gasteiger partial charge in [-0.25, -0.2) is 0 Å². The van der Waals surface area contributed by atoms with E-state index in [1.165, 1.54) is 15.6 Å².